The van der Waals surface area contributed by atoms with Crippen LogP contribution in [0.1, 0.15) is 38.0 Å². The molecule has 38 heavy (non-hydrogen) atoms. The number of aromatic nitrogens is 3. The van der Waals surface area contributed by atoms with Crippen molar-refractivity contribution in [3.05, 3.63) is 64.7 Å². The molecule has 0 saturated heterocycles. The zero-order valence-electron chi connectivity index (χ0n) is 22.1. The maximum atomic E-state index is 12.5. The number of thiazole rings is 1. The molecule has 0 aliphatic carbocycles. The van der Waals surface area contributed by atoms with E-state index in [0.717, 1.165) is 54.2 Å². The van der Waals surface area contributed by atoms with Gasteiger partial charge in [-0.3, -0.25) is 4.68 Å². The summed E-state index contributed by atoms with van der Waals surface area (Å²) in [5, 5.41) is 20.4. The number of hydrogen-bond acceptors (Lipinski definition) is 6. The molecular formula is C29H29ClN4O3S. The predicted octanol–water partition coefficient (Wildman–Crippen LogP) is 7.46. The first-order valence-electron chi connectivity index (χ1n) is 12.2. The summed E-state index contributed by atoms with van der Waals surface area (Å²) in [6.45, 7) is 7.49. The molecule has 0 spiro atoms. The van der Waals surface area contributed by atoms with Gasteiger partial charge in [-0.05, 0) is 75.2 Å². The Morgan fingerprint density at radius 3 is 2.45 bits per heavy atom. The standard InChI is InChI=1S/C29H29ClN4O3S/c1-15-13-20-25(38-27(32-20)17-9-12-21-19(14-17)26(31-5)33-34(21)6)23(16-7-10-18(30)11-8-16)22(15)24(28(35)36)37-29(2,3)4/h7-14,24H,1-6H3,(H,31,33)(H,35,36)/t24-/m0/s1. The lowest BCUT2D eigenvalue weighted by Crippen LogP contribution is -2.28. The van der Waals surface area contributed by atoms with E-state index in [4.69, 9.17) is 21.3 Å². The van der Waals surface area contributed by atoms with E-state index in [1.807, 2.05) is 88.9 Å². The van der Waals surface area contributed by atoms with E-state index in [-0.39, 0.29) is 0 Å². The van der Waals surface area contributed by atoms with Crippen LogP contribution in [-0.4, -0.2) is 38.5 Å². The van der Waals surface area contributed by atoms with E-state index in [9.17, 15) is 9.90 Å². The van der Waals surface area contributed by atoms with Crippen LogP contribution in [0.25, 0.3) is 42.8 Å². The number of benzene rings is 3. The fourth-order valence-electron chi connectivity index (χ4n) is 4.75. The first kappa shape index (κ1) is 26.2. The Balaban J connectivity index is 1.78. The van der Waals surface area contributed by atoms with Gasteiger partial charge in [0.25, 0.3) is 0 Å². The molecule has 0 saturated carbocycles. The van der Waals surface area contributed by atoms with Gasteiger partial charge in [0, 0.05) is 41.2 Å². The molecule has 9 heteroatoms. The normalized spacial score (nSPS) is 12.8. The minimum Gasteiger partial charge on any atom is -0.479 e. The van der Waals surface area contributed by atoms with Crippen molar-refractivity contribution in [1.82, 2.24) is 14.8 Å². The molecule has 5 rings (SSSR count). The second-order valence-electron chi connectivity index (χ2n) is 10.3. The van der Waals surface area contributed by atoms with E-state index in [1.54, 1.807) is 0 Å². The Kier molecular flexibility index (Phi) is 6.67. The number of hydrogen-bond donors (Lipinski definition) is 2. The summed E-state index contributed by atoms with van der Waals surface area (Å²) in [5.74, 6) is -0.238. The highest BCUT2D eigenvalue weighted by molar-refractivity contribution is 7.22. The Morgan fingerprint density at radius 1 is 1.13 bits per heavy atom. The number of ether oxygens (including phenoxy) is 1. The van der Waals surface area contributed by atoms with Gasteiger partial charge in [0.15, 0.2) is 11.9 Å². The minimum absolute atomic E-state index is 0.607. The zero-order valence-corrected chi connectivity index (χ0v) is 23.7. The van der Waals surface area contributed by atoms with Crippen LogP contribution >= 0.6 is 22.9 Å². The number of carbonyl (C=O) groups is 1. The molecule has 7 nitrogen and oxygen atoms in total. The number of nitrogens with zero attached hydrogens (tertiary/aromatic N) is 3. The van der Waals surface area contributed by atoms with Crippen molar-refractivity contribution < 1.29 is 14.6 Å². The number of carboxylic acids is 1. The molecule has 0 bridgehead atoms. The average Bonchev–Trinajstić information content (AvgIpc) is 3.42. The van der Waals surface area contributed by atoms with Gasteiger partial charge in [-0.1, -0.05) is 23.7 Å². The van der Waals surface area contributed by atoms with Gasteiger partial charge in [0.1, 0.15) is 5.01 Å². The molecular weight excluding hydrogens is 520 g/mol. The number of rotatable bonds is 6. The average molecular weight is 549 g/mol. The molecule has 3 aromatic carbocycles. The number of aryl methyl sites for hydroxylation is 2. The quantitative estimate of drug-likeness (QED) is 0.229. The summed E-state index contributed by atoms with van der Waals surface area (Å²) < 4.78 is 8.85. The molecule has 1 atom stereocenters. The third kappa shape index (κ3) is 4.75. The van der Waals surface area contributed by atoms with Gasteiger partial charge in [-0.15, -0.1) is 11.3 Å². The summed E-state index contributed by atoms with van der Waals surface area (Å²) >= 11 is 7.74. The lowest BCUT2D eigenvalue weighted by Gasteiger charge is -2.28. The number of fused-ring (bicyclic) bond motifs is 2. The summed E-state index contributed by atoms with van der Waals surface area (Å²) in [5.41, 5.74) is 5.20. The SMILES string of the molecule is CNc1nn(C)c2ccc(-c3nc4cc(C)c([C@H](OC(C)(C)C)C(=O)O)c(-c5ccc(Cl)cc5)c4s3)cc12. The monoisotopic (exact) mass is 548 g/mol. The largest absolute Gasteiger partial charge is 0.479 e. The summed E-state index contributed by atoms with van der Waals surface area (Å²) in [6, 6.07) is 15.6. The fourth-order valence-corrected chi connectivity index (χ4v) is 5.99. The number of nitrogens with one attached hydrogen (secondary N) is 1. The Morgan fingerprint density at radius 2 is 1.82 bits per heavy atom. The summed E-state index contributed by atoms with van der Waals surface area (Å²) in [4.78, 5) is 17.5. The van der Waals surface area contributed by atoms with Crippen molar-refractivity contribution in [2.24, 2.45) is 7.05 Å². The van der Waals surface area contributed by atoms with Crippen molar-refractivity contribution in [3.63, 3.8) is 0 Å². The predicted molar refractivity (Wildman–Crippen MR) is 155 cm³/mol. The number of halogens is 1. The molecule has 0 aliphatic heterocycles. The molecule has 0 amide bonds. The molecule has 196 valence electrons. The summed E-state index contributed by atoms with van der Waals surface area (Å²) in [6.07, 6.45) is -1.15. The molecule has 2 aromatic heterocycles. The van der Waals surface area contributed by atoms with Crippen molar-refractivity contribution in [3.8, 4) is 21.7 Å². The lowest BCUT2D eigenvalue weighted by atomic mass is 9.91. The van der Waals surface area contributed by atoms with Crippen molar-refractivity contribution in [2.45, 2.75) is 39.4 Å². The van der Waals surface area contributed by atoms with Crippen LogP contribution < -0.4 is 5.32 Å². The first-order valence-corrected chi connectivity index (χ1v) is 13.4. The summed E-state index contributed by atoms with van der Waals surface area (Å²) in [7, 11) is 3.77. The van der Waals surface area contributed by atoms with Gasteiger partial charge in [-0.25, -0.2) is 9.78 Å². The smallest absolute Gasteiger partial charge is 0.337 e. The Hall–Kier alpha value is -3.46. The highest BCUT2D eigenvalue weighted by Crippen LogP contribution is 2.44. The Labute approximate surface area is 230 Å². The maximum Gasteiger partial charge on any atom is 0.337 e. The number of carboxylic acid groups (broad SMARTS) is 1. The van der Waals surface area contributed by atoms with Crippen LogP contribution in [0, 0.1) is 6.92 Å². The number of aliphatic carboxylic acids is 1. The van der Waals surface area contributed by atoms with E-state index >= 15 is 0 Å². The second kappa shape index (κ2) is 9.69. The fraction of sp³-hybridized carbons (Fsp3) is 0.276. The van der Waals surface area contributed by atoms with Crippen LogP contribution in [0.15, 0.2) is 48.5 Å². The number of anilines is 1. The molecule has 5 aromatic rings. The van der Waals surface area contributed by atoms with Crippen LogP contribution in [0.5, 0.6) is 0 Å². The van der Waals surface area contributed by atoms with Crippen molar-refractivity contribution >= 4 is 55.8 Å². The molecule has 2 heterocycles. The maximum absolute atomic E-state index is 12.5. The van der Waals surface area contributed by atoms with Crippen LogP contribution in [0.2, 0.25) is 5.02 Å². The molecule has 0 unspecified atom stereocenters. The third-order valence-corrected chi connectivity index (χ3v) is 7.74. The molecule has 0 aliphatic rings. The highest BCUT2D eigenvalue weighted by Gasteiger charge is 2.32. The molecule has 0 radical (unpaired) electrons. The van der Waals surface area contributed by atoms with Crippen molar-refractivity contribution in [1.29, 1.82) is 0 Å². The van der Waals surface area contributed by atoms with Crippen LogP contribution in [-0.2, 0) is 16.6 Å². The third-order valence-electron chi connectivity index (χ3n) is 6.35. The van der Waals surface area contributed by atoms with Gasteiger partial charge < -0.3 is 15.2 Å². The second-order valence-corrected chi connectivity index (χ2v) is 11.7. The van der Waals surface area contributed by atoms with E-state index in [2.05, 4.69) is 16.5 Å². The van der Waals surface area contributed by atoms with Crippen LogP contribution in [0.4, 0.5) is 5.82 Å². The van der Waals surface area contributed by atoms with Crippen LogP contribution in [0.3, 0.4) is 0 Å². The van der Waals surface area contributed by atoms with Gasteiger partial charge >= 0.3 is 5.97 Å². The Bertz CT molecular complexity index is 1680. The van der Waals surface area contributed by atoms with E-state index in [0.29, 0.717) is 10.6 Å². The first-order chi connectivity index (χ1) is 18.0. The van der Waals surface area contributed by atoms with Gasteiger partial charge in [0.05, 0.1) is 21.3 Å². The molecule has 0 fully saturated rings. The van der Waals surface area contributed by atoms with E-state index < -0.39 is 17.7 Å². The zero-order chi connectivity index (χ0) is 27.4. The van der Waals surface area contributed by atoms with E-state index in [1.165, 1.54) is 11.3 Å². The highest BCUT2D eigenvalue weighted by atomic mass is 35.5. The molecule has 2 N–H and O–H groups in total. The topological polar surface area (TPSA) is 89.3 Å². The van der Waals surface area contributed by atoms with Crippen molar-refractivity contribution in [2.75, 3.05) is 12.4 Å². The van der Waals surface area contributed by atoms with Gasteiger partial charge in [0.2, 0.25) is 0 Å². The lowest BCUT2D eigenvalue weighted by molar-refractivity contribution is -0.160. The van der Waals surface area contributed by atoms with Gasteiger partial charge in [-0.2, -0.15) is 5.10 Å². The minimum atomic E-state index is -1.15.